The van der Waals surface area contributed by atoms with Gasteiger partial charge in [-0.05, 0) is 19.1 Å². The Bertz CT molecular complexity index is 359. The second-order valence-corrected chi connectivity index (χ2v) is 5.20. The number of nitrogens with one attached hydrogen (secondary N) is 1. The van der Waals surface area contributed by atoms with E-state index in [1.807, 2.05) is 6.26 Å². The van der Waals surface area contributed by atoms with Crippen molar-refractivity contribution >= 4 is 34.8 Å². The quantitative estimate of drug-likeness (QED) is 0.767. The molecule has 1 aromatic rings. The SMILES string of the molecule is CSc1nc(N)c(C(=O)NC2CC2)s1. The van der Waals surface area contributed by atoms with Crippen molar-refractivity contribution < 1.29 is 4.79 Å². The van der Waals surface area contributed by atoms with Crippen LogP contribution in [-0.4, -0.2) is 23.2 Å². The normalized spacial score (nSPS) is 15.5. The number of rotatable bonds is 3. The van der Waals surface area contributed by atoms with E-state index in [1.54, 1.807) is 0 Å². The average molecular weight is 229 g/mol. The Hall–Kier alpha value is -0.750. The number of aromatic nitrogens is 1. The van der Waals surface area contributed by atoms with Gasteiger partial charge in [-0.25, -0.2) is 4.98 Å². The number of hydrogen-bond acceptors (Lipinski definition) is 5. The highest BCUT2D eigenvalue weighted by molar-refractivity contribution is 8.00. The number of amides is 1. The molecule has 3 N–H and O–H groups in total. The lowest BCUT2D eigenvalue weighted by molar-refractivity contribution is 0.0956. The maximum absolute atomic E-state index is 11.6. The van der Waals surface area contributed by atoms with E-state index < -0.39 is 0 Å². The summed E-state index contributed by atoms with van der Waals surface area (Å²) < 4.78 is 0.837. The monoisotopic (exact) mass is 229 g/mol. The van der Waals surface area contributed by atoms with E-state index in [0.29, 0.717) is 16.7 Å². The summed E-state index contributed by atoms with van der Waals surface area (Å²) in [6.45, 7) is 0. The first kappa shape index (κ1) is 9.79. The smallest absolute Gasteiger partial charge is 0.265 e. The molecule has 0 aromatic carbocycles. The van der Waals surface area contributed by atoms with Crippen molar-refractivity contribution in [3.05, 3.63) is 4.88 Å². The zero-order valence-corrected chi connectivity index (χ0v) is 9.37. The van der Waals surface area contributed by atoms with Gasteiger partial charge in [-0.15, -0.1) is 11.3 Å². The van der Waals surface area contributed by atoms with Crippen LogP contribution in [0.3, 0.4) is 0 Å². The van der Waals surface area contributed by atoms with Gasteiger partial charge in [0.2, 0.25) is 0 Å². The standard InChI is InChI=1S/C8H11N3OS2/c1-13-8-11-6(9)5(14-8)7(12)10-4-2-3-4/h4H,2-3,9H2,1H3,(H,10,12). The number of nitrogens with zero attached hydrogens (tertiary/aromatic N) is 1. The zero-order chi connectivity index (χ0) is 10.1. The zero-order valence-electron chi connectivity index (χ0n) is 7.74. The molecule has 1 aromatic heterocycles. The van der Waals surface area contributed by atoms with Crippen LogP contribution in [0.2, 0.25) is 0 Å². The maximum atomic E-state index is 11.6. The number of nitrogens with two attached hydrogens (primary N) is 1. The third-order valence-corrected chi connectivity index (χ3v) is 3.98. The molecule has 6 heteroatoms. The number of carbonyl (C=O) groups excluding carboxylic acids is 1. The number of carbonyl (C=O) groups is 1. The number of hydrogen-bond donors (Lipinski definition) is 2. The van der Waals surface area contributed by atoms with Crippen LogP contribution in [0, 0.1) is 0 Å². The van der Waals surface area contributed by atoms with Gasteiger partial charge in [0.05, 0.1) is 0 Å². The van der Waals surface area contributed by atoms with Gasteiger partial charge in [-0.1, -0.05) is 11.8 Å². The number of thioether (sulfide) groups is 1. The molecular formula is C8H11N3OS2. The van der Waals surface area contributed by atoms with E-state index >= 15 is 0 Å². The Morgan fingerprint density at radius 3 is 2.93 bits per heavy atom. The Balaban J connectivity index is 2.12. The molecule has 1 saturated carbocycles. The summed E-state index contributed by atoms with van der Waals surface area (Å²) in [6.07, 6.45) is 4.08. The summed E-state index contributed by atoms with van der Waals surface area (Å²) in [4.78, 5) is 16.2. The lowest BCUT2D eigenvalue weighted by Crippen LogP contribution is -2.25. The average Bonchev–Trinajstić information content (AvgIpc) is 2.87. The molecule has 1 fully saturated rings. The van der Waals surface area contributed by atoms with E-state index in [4.69, 9.17) is 5.73 Å². The van der Waals surface area contributed by atoms with Crippen molar-refractivity contribution in [2.75, 3.05) is 12.0 Å². The van der Waals surface area contributed by atoms with Gasteiger partial charge in [-0.2, -0.15) is 0 Å². The fourth-order valence-corrected chi connectivity index (χ4v) is 2.43. The summed E-state index contributed by atoms with van der Waals surface area (Å²) in [7, 11) is 0. The molecule has 1 heterocycles. The van der Waals surface area contributed by atoms with Crippen LogP contribution in [0.1, 0.15) is 22.5 Å². The van der Waals surface area contributed by atoms with Crippen molar-refractivity contribution in [2.45, 2.75) is 23.2 Å². The predicted octanol–water partition coefficient (Wildman–Crippen LogP) is 1.34. The molecule has 0 bridgehead atoms. The molecule has 0 aliphatic heterocycles. The van der Waals surface area contributed by atoms with E-state index in [9.17, 15) is 4.79 Å². The predicted molar refractivity (Wildman–Crippen MR) is 58.8 cm³/mol. The molecule has 14 heavy (non-hydrogen) atoms. The van der Waals surface area contributed by atoms with Crippen molar-refractivity contribution in [3.8, 4) is 0 Å². The lowest BCUT2D eigenvalue weighted by atomic mass is 10.4. The van der Waals surface area contributed by atoms with Crippen LogP contribution in [0.25, 0.3) is 0 Å². The van der Waals surface area contributed by atoms with E-state index in [1.165, 1.54) is 23.1 Å². The van der Waals surface area contributed by atoms with Gasteiger partial charge in [0.1, 0.15) is 10.7 Å². The molecule has 4 nitrogen and oxygen atoms in total. The van der Waals surface area contributed by atoms with Gasteiger partial charge >= 0.3 is 0 Å². The second kappa shape index (κ2) is 3.78. The van der Waals surface area contributed by atoms with Crippen LogP contribution in [0.15, 0.2) is 4.34 Å². The van der Waals surface area contributed by atoms with E-state index in [0.717, 1.165) is 17.2 Å². The van der Waals surface area contributed by atoms with Crippen LogP contribution < -0.4 is 11.1 Å². The summed E-state index contributed by atoms with van der Waals surface area (Å²) >= 11 is 2.86. The Morgan fingerprint density at radius 1 is 1.71 bits per heavy atom. The molecule has 1 aliphatic rings. The number of anilines is 1. The van der Waals surface area contributed by atoms with Gasteiger partial charge in [-0.3, -0.25) is 4.79 Å². The van der Waals surface area contributed by atoms with Gasteiger partial charge < -0.3 is 11.1 Å². The number of nitrogen functional groups attached to an aromatic ring is 1. The molecule has 76 valence electrons. The molecule has 0 radical (unpaired) electrons. The van der Waals surface area contributed by atoms with Crippen LogP contribution in [-0.2, 0) is 0 Å². The highest BCUT2D eigenvalue weighted by atomic mass is 32.2. The van der Waals surface area contributed by atoms with Crippen molar-refractivity contribution in [2.24, 2.45) is 0 Å². The Kier molecular flexibility index (Phi) is 2.64. The largest absolute Gasteiger partial charge is 0.382 e. The highest BCUT2D eigenvalue weighted by Gasteiger charge is 2.26. The van der Waals surface area contributed by atoms with Gasteiger partial charge in [0.25, 0.3) is 5.91 Å². The van der Waals surface area contributed by atoms with Gasteiger partial charge in [0, 0.05) is 6.04 Å². The Morgan fingerprint density at radius 2 is 2.43 bits per heavy atom. The molecule has 0 unspecified atom stereocenters. The minimum atomic E-state index is -0.0807. The molecule has 1 aliphatic carbocycles. The molecule has 0 spiro atoms. The Labute approximate surface area is 90.3 Å². The minimum absolute atomic E-state index is 0.0807. The van der Waals surface area contributed by atoms with E-state index in [2.05, 4.69) is 10.3 Å². The lowest BCUT2D eigenvalue weighted by Gasteiger charge is -1.99. The first-order chi connectivity index (χ1) is 6.70. The van der Waals surface area contributed by atoms with Crippen molar-refractivity contribution in [1.82, 2.24) is 10.3 Å². The van der Waals surface area contributed by atoms with Crippen LogP contribution in [0.4, 0.5) is 5.82 Å². The molecular weight excluding hydrogens is 218 g/mol. The van der Waals surface area contributed by atoms with Crippen molar-refractivity contribution in [3.63, 3.8) is 0 Å². The summed E-state index contributed by atoms with van der Waals surface area (Å²) in [5, 5.41) is 2.89. The summed E-state index contributed by atoms with van der Waals surface area (Å²) in [6, 6.07) is 0.363. The second-order valence-electron chi connectivity index (χ2n) is 3.15. The van der Waals surface area contributed by atoms with Gasteiger partial charge in [0.15, 0.2) is 4.34 Å². The first-order valence-electron chi connectivity index (χ1n) is 4.32. The van der Waals surface area contributed by atoms with Crippen LogP contribution in [0.5, 0.6) is 0 Å². The maximum Gasteiger partial charge on any atom is 0.265 e. The summed E-state index contributed by atoms with van der Waals surface area (Å²) in [5.41, 5.74) is 5.64. The van der Waals surface area contributed by atoms with Crippen LogP contribution >= 0.6 is 23.1 Å². The van der Waals surface area contributed by atoms with Crippen molar-refractivity contribution in [1.29, 1.82) is 0 Å². The third-order valence-electron chi connectivity index (χ3n) is 1.93. The molecule has 2 rings (SSSR count). The van der Waals surface area contributed by atoms with E-state index in [-0.39, 0.29) is 5.91 Å². The fourth-order valence-electron chi connectivity index (χ4n) is 1.04. The third kappa shape index (κ3) is 2.01. The fraction of sp³-hybridized carbons (Fsp3) is 0.500. The topological polar surface area (TPSA) is 68.0 Å². The molecule has 0 atom stereocenters. The number of thiazole rings is 1. The molecule has 1 amide bonds. The minimum Gasteiger partial charge on any atom is -0.382 e. The first-order valence-corrected chi connectivity index (χ1v) is 6.36. The molecule has 0 saturated heterocycles. The highest BCUT2D eigenvalue weighted by Crippen LogP contribution is 2.28. The summed E-state index contributed by atoms with van der Waals surface area (Å²) in [5.74, 6) is 0.264.